The molecule has 0 radical (unpaired) electrons. The molecule has 1 amide bonds. The van der Waals surface area contributed by atoms with E-state index in [1.54, 1.807) is 0 Å². The zero-order valence-electron chi connectivity index (χ0n) is 14.6. The van der Waals surface area contributed by atoms with Crippen LogP contribution in [-0.4, -0.2) is 43.1 Å². The van der Waals surface area contributed by atoms with Gasteiger partial charge in [0.25, 0.3) is 5.91 Å². The first-order chi connectivity index (χ1) is 11.5. The molecule has 1 unspecified atom stereocenters. The van der Waals surface area contributed by atoms with Gasteiger partial charge in [0.15, 0.2) is 6.10 Å². The van der Waals surface area contributed by atoms with E-state index >= 15 is 0 Å². The number of rotatable bonds is 4. The van der Waals surface area contributed by atoms with Crippen molar-refractivity contribution in [3.05, 3.63) is 28.7 Å². The summed E-state index contributed by atoms with van der Waals surface area (Å²) in [6.45, 7) is 8.02. The molecule has 2 heterocycles. The van der Waals surface area contributed by atoms with Crippen molar-refractivity contribution in [1.82, 2.24) is 10.2 Å². The molecule has 0 aliphatic carbocycles. The molecular weight excluding hydrogens is 368 g/mol. The van der Waals surface area contributed by atoms with E-state index in [1.807, 2.05) is 43.0 Å². The first-order valence-electron chi connectivity index (χ1n) is 8.91. The third-order valence-corrected chi connectivity index (χ3v) is 6.06. The van der Waals surface area contributed by atoms with Crippen LogP contribution in [0.2, 0.25) is 0 Å². The molecule has 2 fully saturated rings. The monoisotopic (exact) mass is 394 g/mol. The van der Waals surface area contributed by atoms with Gasteiger partial charge in [-0.15, -0.1) is 0 Å². The zero-order chi connectivity index (χ0) is 17.2. The van der Waals surface area contributed by atoms with Gasteiger partial charge in [-0.3, -0.25) is 4.79 Å². The molecule has 2 aliphatic heterocycles. The lowest BCUT2D eigenvalue weighted by Gasteiger charge is -2.40. The van der Waals surface area contributed by atoms with Gasteiger partial charge in [-0.25, -0.2) is 0 Å². The minimum atomic E-state index is -0.431. The third-order valence-electron chi connectivity index (χ3n) is 5.41. The quantitative estimate of drug-likeness (QED) is 0.849. The summed E-state index contributed by atoms with van der Waals surface area (Å²) in [5, 5.41) is 3.47. The van der Waals surface area contributed by atoms with Gasteiger partial charge >= 0.3 is 0 Å². The number of amides is 1. The molecular formula is C19H27BrN2O2. The van der Waals surface area contributed by atoms with E-state index in [2.05, 4.69) is 21.2 Å². The van der Waals surface area contributed by atoms with Crippen molar-refractivity contribution in [3.8, 4) is 5.75 Å². The Kier molecular flexibility index (Phi) is 5.50. The molecule has 5 heteroatoms. The number of benzene rings is 1. The molecule has 2 aliphatic rings. The van der Waals surface area contributed by atoms with Crippen LogP contribution in [0.25, 0.3) is 0 Å². The summed E-state index contributed by atoms with van der Waals surface area (Å²) in [4.78, 5) is 15.0. The minimum Gasteiger partial charge on any atom is -0.479 e. The predicted octanol–water partition coefficient (Wildman–Crippen LogP) is 3.45. The molecule has 1 N–H and O–H groups in total. The predicted molar refractivity (Wildman–Crippen MR) is 99.1 cm³/mol. The van der Waals surface area contributed by atoms with Gasteiger partial charge < -0.3 is 15.0 Å². The van der Waals surface area contributed by atoms with Crippen molar-refractivity contribution in [2.45, 2.75) is 39.2 Å². The van der Waals surface area contributed by atoms with Crippen molar-refractivity contribution in [2.24, 2.45) is 11.3 Å². The number of hydrogen-bond acceptors (Lipinski definition) is 3. The van der Waals surface area contributed by atoms with Gasteiger partial charge in [-0.05, 0) is 65.2 Å². The largest absolute Gasteiger partial charge is 0.479 e. The number of ether oxygens (including phenoxy) is 1. The maximum Gasteiger partial charge on any atom is 0.263 e. The van der Waals surface area contributed by atoms with Gasteiger partial charge in [0, 0.05) is 19.6 Å². The Morgan fingerprint density at radius 1 is 1.25 bits per heavy atom. The summed E-state index contributed by atoms with van der Waals surface area (Å²) in [7, 11) is 0. The van der Waals surface area contributed by atoms with Crippen LogP contribution in [0.3, 0.4) is 0 Å². The van der Waals surface area contributed by atoms with Gasteiger partial charge in [0.05, 0.1) is 4.47 Å². The molecule has 3 rings (SSSR count). The Balaban J connectivity index is 1.66. The smallest absolute Gasteiger partial charge is 0.263 e. The lowest BCUT2D eigenvalue weighted by atomic mass is 9.77. The van der Waals surface area contributed by atoms with Crippen LogP contribution in [-0.2, 0) is 4.79 Å². The molecule has 132 valence electrons. The second-order valence-corrected chi connectivity index (χ2v) is 8.32. The van der Waals surface area contributed by atoms with Crippen LogP contribution in [0, 0.1) is 11.3 Å². The fourth-order valence-corrected chi connectivity index (χ4v) is 4.13. The summed E-state index contributed by atoms with van der Waals surface area (Å²) in [5.74, 6) is 0.994. The fourth-order valence-electron chi connectivity index (χ4n) is 3.75. The van der Waals surface area contributed by atoms with Crippen LogP contribution >= 0.6 is 15.9 Å². The number of carbonyl (C=O) groups excluding carboxylic acids is 1. The van der Waals surface area contributed by atoms with E-state index < -0.39 is 6.10 Å². The molecule has 2 saturated heterocycles. The van der Waals surface area contributed by atoms with E-state index in [0.717, 1.165) is 49.2 Å². The van der Waals surface area contributed by atoms with Crippen molar-refractivity contribution in [3.63, 3.8) is 0 Å². The summed E-state index contributed by atoms with van der Waals surface area (Å²) in [5.41, 5.74) is 0.424. The Morgan fingerprint density at radius 3 is 2.54 bits per heavy atom. The van der Waals surface area contributed by atoms with Crippen LogP contribution in [0.1, 0.15) is 33.1 Å². The summed E-state index contributed by atoms with van der Waals surface area (Å²) in [6.07, 6.45) is 3.02. The molecule has 1 atom stereocenters. The van der Waals surface area contributed by atoms with Crippen LogP contribution in [0.15, 0.2) is 28.7 Å². The molecule has 0 bridgehead atoms. The maximum absolute atomic E-state index is 13.0. The maximum atomic E-state index is 13.0. The highest BCUT2D eigenvalue weighted by Gasteiger charge is 2.40. The number of piperidine rings is 1. The number of nitrogens with zero attached hydrogens (tertiary/aromatic N) is 1. The third kappa shape index (κ3) is 3.77. The average molecular weight is 395 g/mol. The summed E-state index contributed by atoms with van der Waals surface area (Å²) in [6, 6.07) is 7.72. The normalized spacial score (nSPS) is 21.2. The SMILES string of the molecule is CC(C)C(Oc1ccccc1Br)C(=O)N1CCC2(CCNC2)CC1. The number of hydrogen-bond donors (Lipinski definition) is 1. The van der Waals surface area contributed by atoms with E-state index in [4.69, 9.17) is 4.74 Å². The van der Waals surface area contributed by atoms with Crippen molar-refractivity contribution in [2.75, 3.05) is 26.2 Å². The highest BCUT2D eigenvalue weighted by atomic mass is 79.9. The Hall–Kier alpha value is -1.07. The fraction of sp³-hybridized carbons (Fsp3) is 0.632. The van der Waals surface area contributed by atoms with E-state index in [-0.39, 0.29) is 11.8 Å². The summed E-state index contributed by atoms with van der Waals surface area (Å²) >= 11 is 3.50. The standard InChI is InChI=1S/C19H27BrN2O2/c1-14(2)17(24-16-6-4-3-5-15(16)20)18(23)22-11-8-19(9-12-22)7-10-21-13-19/h3-6,14,17,21H,7-13H2,1-2H3. The molecule has 0 saturated carbocycles. The second-order valence-electron chi connectivity index (χ2n) is 7.46. The van der Waals surface area contributed by atoms with Crippen molar-refractivity contribution < 1.29 is 9.53 Å². The highest BCUT2D eigenvalue weighted by Crippen LogP contribution is 2.37. The van der Waals surface area contributed by atoms with Gasteiger partial charge in [0.2, 0.25) is 0 Å². The first kappa shape index (κ1) is 17.7. The molecule has 4 nitrogen and oxygen atoms in total. The number of halogens is 1. The lowest BCUT2D eigenvalue weighted by Crippen LogP contribution is -2.50. The first-order valence-corrected chi connectivity index (χ1v) is 9.71. The minimum absolute atomic E-state index is 0.126. The highest BCUT2D eigenvalue weighted by molar-refractivity contribution is 9.10. The number of para-hydroxylation sites is 1. The topological polar surface area (TPSA) is 41.6 Å². The van der Waals surface area contributed by atoms with E-state index in [9.17, 15) is 4.79 Å². The van der Waals surface area contributed by atoms with E-state index in [0.29, 0.717) is 5.41 Å². The number of likely N-dealkylation sites (tertiary alicyclic amines) is 1. The van der Waals surface area contributed by atoms with E-state index in [1.165, 1.54) is 6.42 Å². The second kappa shape index (κ2) is 7.44. The molecule has 1 aromatic carbocycles. The zero-order valence-corrected chi connectivity index (χ0v) is 16.1. The van der Waals surface area contributed by atoms with Gasteiger partial charge in [0.1, 0.15) is 5.75 Å². The Bertz CT molecular complexity index is 574. The molecule has 1 aromatic rings. The van der Waals surface area contributed by atoms with Crippen LogP contribution in [0.4, 0.5) is 0 Å². The number of nitrogens with one attached hydrogen (secondary N) is 1. The van der Waals surface area contributed by atoms with Gasteiger partial charge in [-0.2, -0.15) is 0 Å². The Labute approximate surface area is 153 Å². The molecule has 0 aromatic heterocycles. The number of carbonyl (C=O) groups is 1. The van der Waals surface area contributed by atoms with Crippen molar-refractivity contribution in [1.29, 1.82) is 0 Å². The Morgan fingerprint density at radius 2 is 1.96 bits per heavy atom. The van der Waals surface area contributed by atoms with Crippen LogP contribution < -0.4 is 10.1 Å². The van der Waals surface area contributed by atoms with Crippen LogP contribution in [0.5, 0.6) is 5.75 Å². The van der Waals surface area contributed by atoms with Crippen molar-refractivity contribution >= 4 is 21.8 Å². The lowest BCUT2D eigenvalue weighted by molar-refractivity contribution is -0.143. The molecule has 1 spiro atoms. The average Bonchev–Trinajstić information content (AvgIpc) is 3.02. The summed E-state index contributed by atoms with van der Waals surface area (Å²) < 4.78 is 6.98. The van der Waals surface area contributed by atoms with Gasteiger partial charge in [-0.1, -0.05) is 26.0 Å². The molecule has 24 heavy (non-hydrogen) atoms.